The third-order valence-corrected chi connectivity index (χ3v) is 4.22. The number of benzene rings is 1. The predicted octanol–water partition coefficient (Wildman–Crippen LogP) is 3.04. The Morgan fingerprint density at radius 2 is 2.07 bits per heavy atom. The van der Waals surface area contributed by atoms with Crippen LogP contribution < -0.4 is 5.32 Å². The number of nitro groups is 1. The zero-order chi connectivity index (χ0) is 20.3. The third kappa shape index (κ3) is 4.63. The van der Waals surface area contributed by atoms with Crippen LogP contribution in [-0.4, -0.2) is 33.5 Å². The molecule has 0 aliphatic rings. The molecule has 1 heterocycles. The highest BCUT2D eigenvalue weighted by Crippen LogP contribution is 2.27. The minimum absolute atomic E-state index is 0.0372. The van der Waals surface area contributed by atoms with Crippen molar-refractivity contribution in [2.45, 2.75) is 26.9 Å². The Morgan fingerprint density at radius 3 is 2.63 bits per heavy atom. The fourth-order valence-corrected chi connectivity index (χ4v) is 2.87. The zero-order valence-electron chi connectivity index (χ0n) is 14.8. The molecule has 0 unspecified atom stereocenters. The van der Waals surface area contributed by atoms with Crippen LogP contribution in [0.25, 0.3) is 0 Å². The molecule has 1 aromatic carbocycles. The lowest BCUT2D eigenvalue weighted by atomic mass is 10.1. The van der Waals surface area contributed by atoms with Gasteiger partial charge in [-0.1, -0.05) is 11.6 Å². The Balaban J connectivity index is 2.04. The Labute approximate surface area is 159 Å². The first kappa shape index (κ1) is 20.4. The Morgan fingerprint density at radius 1 is 1.41 bits per heavy atom. The van der Waals surface area contributed by atoms with Gasteiger partial charge in [-0.15, -0.1) is 0 Å². The zero-order valence-corrected chi connectivity index (χ0v) is 15.6. The Hall–Kier alpha value is -2.91. The van der Waals surface area contributed by atoms with Crippen molar-refractivity contribution in [3.05, 3.63) is 55.9 Å². The van der Waals surface area contributed by atoms with E-state index in [1.807, 2.05) is 0 Å². The third-order valence-electron chi connectivity index (χ3n) is 3.89. The number of carbonyl (C=O) groups excluding carboxylic acids is 2. The lowest BCUT2D eigenvalue weighted by Crippen LogP contribution is -2.21. The molecule has 3 N–H and O–H groups in total. The molecule has 0 aliphatic carbocycles. The molecule has 0 bridgehead atoms. The highest BCUT2D eigenvalue weighted by Gasteiger charge is 2.22. The van der Waals surface area contributed by atoms with Crippen molar-refractivity contribution in [1.29, 1.82) is 0 Å². The van der Waals surface area contributed by atoms with Gasteiger partial charge in [-0.05, 0) is 32.4 Å². The van der Waals surface area contributed by atoms with Gasteiger partial charge in [0, 0.05) is 23.4 Å². The van der Waals surface area contributed by atoms with E-state index in [1.165, 1.54) is 12.1 Å². The Kier molecular flexibility index (Phi) is 6.19. The van der Waals surface area contributed by atoms with E-state index in [2.05, 4.69) is 10.3 Å². The lowest BCUT2D eigenvalue weighted by Gasteiger charge is -2.08. The number of rotatable bonds is 6. The van der Waals surface area contributed by atoms with Crippen molar-refractivity contribution < 1.29 is 24.4 Å². The minimum atomic E-state index is -0.762. The average Bonchev–Trinajstić information content (AvgIpc) is 2.89. The number of nitrogens with one attached hydrogen (secondary N) is 2. The number of carbonyl (C=O) groups is 2. The van der Waals surface area contributed by atoms with E-state index in [4.69, 9.17) is 16.3 Å². The second-order valence-electron chi connectivity index (χ2n) is 5.89. The monoisotopic (exact) mass is 395 g/mol. The number of hydrogen-bond acceptors (Lipinski definition) is 6. The number of aliphatic hydroxyl groups is 1. The largest absolute Gasteiger partial charge is 0.451 e. The first-order valence-electron chi connectivity index (χ1n) is 7.89. The van der Waals surface area contributed by atoms with Gasteiger partial charge < -0.3 is 20.1 Å². The van der Waals surface area contributed by atoms with Crippen LogP contribution >= 0.6 is 11.6 Å². The van der Waals surface area contributed by atoms with Crippen LogP contribution in [0, 0.1) is 24.0 Å². The summed E-state index contributed by atoms with van der Waals surface area (Å²) >= 11 is 5.90. The summed E-state index contributed by atoms with van der Waals surface area (Å²) < 4.78 is 4.97. The number of hydrogen-bond donors (Lipinski definition) is 3. The summed E-state index contributed by atoms with van der Waals surface area (Å²) in [5.74, 6) is -1.47. The molecule has 2 aromatic rings. The highest BCUT2D eigenvalue weighted by atomic mass is 35.5. The van der Waals surface area contributed by atoms with Crippen LogP contribution in [0.15, 0.2) is 18.2 Å². The number of H-pyrrole nitrogens is 1. The van der Waals surface area contributed by atoms with Crippen LogP contribution in [-0.2, 0) is 9.53 Å². The molecule has 10 heteroatoms. The van der Waals surface area contributed by atoms with E-state index in [1.54, 1.807) is 20.8 Å². The number of non-ortho nitro benzene ring substituents is 1. The van der Waals surface area contributed by atoms with Crippen molar-refractivity contribution in [1.82, 2.24) is 4.98 Å². The number of aromatic amines is 1. The van der Waals surface area contributed by atoms with Gasteiger partial charge in [0.05, 0.1) is 21.7 Å². The van der Waals surface area contributed by atoms with E-state index in [-0.39, 0.29) is 22.1 Å². The molecule has 0 saturated carbocycles. The average molecular weight is 396 g/mol. The molecule has 1 atom stereocenters. The topological polar surface area (TPSA) is 135 Å². The lowest BCUT2D eigenvalue weighted by molar-refractivity contribution is -0.384. The number of nitro benzene ring substituents is 1. The minimum Gasteiger partial charge on any atom is -0.451 e. The van der Waals surface area contributed by atoms with Crippen LogP contribution in [0.4, 0.5) is 11.4 Å². The summed E-state index contributed by atoms with van der Waals surface area (Å²) in [6.45, 7) is 4.34. The van der Waals surface area contributed by atoms with Crippen molar-refractivity contribution >= 4 is 34.9 Å². The SMILES string of the molecule is Cc1[nH]c(C(=O)OCC(=O)Nc2cc([N+](=O)[O-])ccc2Cl)c(C)c1[C@@H](C)O. The second-order valence-corrected chi connectivity index (χ2v) is 6.29. The van der Waals surface area contributed by atoms with E-state index in [9.17, 15) is 24.8 Å². The van der Waals surface area contributed by atoms with Crippen LogP contribution in [0.2, 0.25) is 5.02 Å². The number of aryl methyl sites for hydroxylation is 1. The van der Waals surface area contributed by atoms with Gasteiger partial charge >= 0.3 is 5.97 Å². The van der Waals surface area contributed by atoms with Crippen molar-refractivity contribution in [2.24, 2.45) is 0 Å². The maximum atomic E-state index is 12.2. The first-order chi connectivity index (χ1) is 12.6. The van der Waals surface area contributed by atoms with Crippen molar-refractivity contribution in [2.75, 3.05) is 11.9 Å². The second kappa shape index (κ2) is 8.19. The van der Waals surface area contributed by atoms with Crippen LogP contribution in [0.1, 0.15) is 40.3 Å². The highest BCUT2D eigenvalue weighted by molar-refractivity contribution is 6.33. The molecule has 0 radical (unpaired) electrons. The predicted molar refractivity (Wildman–Crippen MR) is 97.9 cm³/mol. The maximum Gasteiger partial charge on any atom is 0.355 e. The summed E-state index contributed by atoms with van der Waals surface area (Å²) in [5.41, 5.74) is 1.70. The number of halogens is 1. The summed E-state index contributed by atoms with van der Waals surface area (Å²) in [6, 6.07) is 3.59. The number of esters is 1. The van der Waals surface area contributed by atoms with Gasteiger partial charge in [0.1, 0.15) is 5.69 Å². The van der Waals surface area contributed by atoms with Crippen molar-refractivity contribution in [3.8, 4) is 0 Å². The van der Waals surface area contributed by atoms with Gasteiger partial charge in [-0.3, -0.25) is 14.9 Å². The molecule has 0 saturated heterocycles. The summed E-state index contributed by atoms with van der Waals surface area (Å²) in [4.78, 5) is 37.2. The smallest absolute Gasteiger partial charge is 0.355 e. The van der Waals surface area contributed by atoms with Crippen LogP contribution in [0.5, 0.6) is 0 Å². The summed E-state index contributed by atoms with van der Waals surface area (Å²) in [7, 11) is 0. The number of anilines is 1. The molecular formula is C17H18ClN3O6. The van der Waals surface area contributed by atoms with E-state index in [0.29, 0.717) is 16.8 Å². The van der Waals surface area contributed by atoms with E-state index in [0.717, 1.165) is 6.07 Å². The van der Waals surface area contributed by atoms with Gasteiger partial charge in [-0.2, -0.15) is 0 Å². The number of nitrogens with zero attached hydrogens (tertiary/aromatic N) is 1. The molecule has 1 amide bonds. The Bertz CT molecular complexity index is 906. The summed E-state index contributed by atoms with van der Waals surface area (Å²) in [6.07, 6.45) is -0.762. The molecule has 9 nitrogen and oxygen atoms in total. The molecule has 0 spiro atoms. The molecule has 2 rings (SSSR count). The molecule has 144 valence electrons. The van der Waals surface area contributed by atoms with Gasteiger partial charge in [0.15, 0.2) is 6.61 Å². The molecule has 1 aromatic heterocycles. The van der Waals surface area contributed by atoms with Gasteiger partial charge in [0.25, 0.3) is 11.6 Å². The van der Waals surface area contributed by atoms with Crippen LogP contribution in [0.3, 0.4) is 0 Å². The summed E-state index contributed by atoms with van der Waals surface area (Å²) in [5, 5.41) is 23.0. The molecule has 27 heavy (non-hydrogen) atoms. The normalized spacial score (nSPS) is 11.7. The van der Waals surface area contributed by atoms with E-state index >= 15 is 0 Å². The van der Waals surface area contributed by atoms with E-state index < -0.39 is 29.5 Å². The fourth-order valence-electron chi connectivity index (χ4n) is 2.71. The quantitative estimate of drug-likeness (QED) is 0.391. The standard InChI is InChI=1S/C17H18ClN3O6/c1-8-15(10(3)22)9(2)19-16(8)17(24)27-7-14(23)20-13-6-11(21(25)26)4-5-12(13)18/h4-6,10,19,22H,7H2,1-3H3,(H,20,23)/t10-/m1/s1. The number of amides is 1. The van der Waals surface area contributed by atoms with Gasteiger partial charge in [0.2, 0.25) is 0 Å². The first-order valence-corrected chi connectivity index (χ1v) is 8.27. The fraction of sp³-hybridized carbons (Fsp3) is 0.294. The molecular weight excluding hydrogens is 378 g/mol. The molecule has 0 fully saturated rings. The maximum absolute atomic E-state index is 12.2. The molecule has 0 aliphatic heterocycles. The number of ether oxygens (including phenoxy) is 1. The number of aromatic nitrogens is 1. The van der Waals surface area contributed by atoms with Gasteiger partial charge in [-0.25, -0.2) is 4.79 Å². The number of aliphatic hydroxyl groups excluding tert-OH is 1. The van der Waals surface area contributed by atoms with Crippen molar-refractivity contribution in [3.63, 3.8) is 0 Å².